The maximum Gasteiger partial charge on any atom is 0.260 e. The van der Waals surface area contributed by atoms with Crippen LogP contribution in [0.3, 0.4) is 0 Å². The van der Waals surface area contributed by atoms with Crippen LogP contribution in [0.5, 0.6) is 0 Å². The van der Waals surface area contributed by atoms with E-state index in [9.17, 15) is 9.18 Å². The number of nitrogens with one attached hydrogen (secondary N) is 1. The number of carbonyl (C=O) groups excluding carboxylic acids is 1. The van der Waals surface area contributed by atoms with E-state index in [0.29, 0.717) is 5.70 Å². The Balaban J connectivity index is 0.00000154. The zero-order valence-electron chi connectivity index (χ0n) is 11.8. The van der Waals surface area contributed by atoms with Gasteiger partial charge in [0.2, 0.25) is 0 Å². The van der Waals surface area contributed by atoms with Gasteiger partial charge in [-0.2, -0.15) is 0 Å². The summed E-state index contributed by atoms with van der Waals surface area (Å²) in [6, 6.07) is 4.16. The van der Waals surface area contributed by atoms with Crippen molar-refractivity contribution in [1.29, 1.82) is 0 Å². The first-order valence-corrected chi connectivity index (χ1v) is 6.24. The second-order valence-corrected chi connectivity index (χ2v) is 3.40. The molecule has 0 heterocycles. The van der Waals surface area contributed by atoms with Gasteiger partial charge >= 0.3 is 0 Å². The van der Waals surface area contributed by atoms with Crippen LogP contribution in [0.2, 0.25) is 0 Å². The average Bonchev–Trinajstić information content (AvgIpc) is 2.40. The lowest BCUT2D eigenvalue weighted by atomic mass is 10.1. The quantitative estimate of drug-likeness (QED) is 0.647. The third-order valence-corrected chi connectivity index (χ3v) is 2.19. The first-order chi connectivity index (χ1) is 9.10. The molecular formula is C15H21FN2O. The fourth-order valence-corrected chi connectivity index (χ4v) is 1.36. The highest BCUT2D eigenvalue weighted by Gasteiger charge is 2.15. The van der Waals surface area contributed by atoms with Crippen LogP contribution in [0, 0.1) is 5.82 Å². The molecular weight excluding hydrogens is 243 g/mol. The summed E-state index contributed by atoms with van der Waals surface area (Å²) in [6.45, 7) is 7.60. The van der Waals surface area contributed by atoms with Crippen molar-refractivity contribution < 1.29 is 9.18 Å². The maximum absolute atomic E-state index is 13.5. The van der Waals surface area contributed by atoms with Crippen LogP contribution in [-0.4, -0.2) is 5.91 Å². The van der Waals surface area contributed by atoms with Gasteiger partial charge in [-0.25, -0.2) is 4.39 Å². The molecule has 0 aliphatic rings. The number of carbonyl (C=O) groups is 1. The van der Waals surface area contributed by atoms with Crippen molar-refractivity contribution in [2.24, 2.45) is 0 Å². The number of allylic oxidation sites excluding steroid dienone is 3. The highest BCUT2D eigenvalue weighted by Crippen LogP contribution is 2.15. The minimum atomic E-state index is -0.626. The van der Waals surface area contributed by atoms with Gasteiger partial charge in [-0.15, -0.1) is 0 Å². The van der Waals surface area contributed by atoms with Gasteiger partial charge in [0.1, 0.15) is 5.82 Å². The van der Waals surface area contributed by atoms with Crippen molar-refractivity contribution in [2.75, 3.05) is 5.73 Å². The summed E-state index contributed by atoms with van der Waals surface area (Å²) >= 11 is 0. The van der Waals surface area contributed by atoms with E-state index in [2.05, 4.69) is 5.32 Å². The third kappa shape index (κ3) is 4.95. The Hall–Kier alpha value is -2.10. The molecule has 0 aromatic heterocycles. The summed E-state index contributed by atoms with van der Waals surface area (Å²) in [7, 11) is 0. The van der Waals surface area contributed by atoms with Gasteiger partial charge in [-0.3, -0.25) is 4.79 Å². The zero-order chi connectivity index (χ0) is 14.8. The van der Waals surface area contributed by atoms with Gasteiger partial charge < -0.3 is 11.1 Å². The number of amides is 1. The van der Waals surface area contributed by atoms with Crippen LogP contribution in [0.25, 0.3) is 0 Å². The van der Waals surface area contributed by atoms with Crippen LogP contribution in [-0.2, 0) is 0 Å². The minimum absolute atomic E-state index is 0.124. The van der Waals surface area contributed by atoms with E-state index in [1.807, 2.05) is 20.8 Å². The average molecular weight is 264 g/mol. The topological polar surface area (TPSA) is 55.1 Å². The molecule has 0 unspecified atom stereocenters. The zero-order valence-corrected chi connectivity index (χ0v) is 11.8. The van der Waals surface area contributed by atoms with E-state index in [0.717, 1.165) is 0 Å². The fourth-order valence-electron chi connectivity index (χ4n) is 1.36. The van der Waals surface area contributed by atoms with Crippen LogP contribution in [0.15, 0.2) is 42.1 Å². The Labute approximate surface area is 114 Å². The Bertz CT molecular complexity index is 459. The lowest BCUT2D eigenvalue weighted by Crippen LogP contribution is -2.24. The van der Waals surface area contributed by atoms with Crippen LogP contribution in [0.1, 0.15) is 38.1 Å². The Morgan fingerprint density at radius 3 is 2.42 bits per heavy atom. The monoisotopic (exact) mass is 264 g/mol. The molecule has 4 heteroatoms. The molecule has 0 radical (unpaired) electrons. The molecule has 0 saturated carbocycles. The number of nitrogens with two attached hydrogens (primary N) is 1. The summed E-state index contributed by atoms with van der Waals surface area (Å²) in [4.78, 5) is 11.8. The van der Waals surface area contributed by atoms with Crippen molar-refractivity contribution in [1.82, 2.24) is 5.32 Å². The molecule has 1 rings (SSSR count). The summed E-state index contributed by atoms with van der Waals surface area (Å²) in [6.07, 6.45) is 5.21. The minimum Gasteiger partial charge on any atom is -0.398 e. The number of anilines is 1. The van der Waals surface area contributed by atoms with Crippen molar-refractivity contribution in [3.63, 3.8) is 0 Å². The molecule has 3 N–H and O–H groups in total. The van der Waals surface area contributed by atoms with Crippen LogP contribution >= 0.6 is 0 Å². The van der Waals surface area contributed by atoms with Gasteiger partial charge in [-0.1, -0.05) is 32.1 Å². The highest BCUT2D eigenvalue weighted by molar-refractivity contribution is 6.00. The summed E-state index contributed by atoms with van der Waals surface area (Å²) in [5.74, 6) is -1.18. The van der Waals surface area contributed by atoms with Crippen molar-refractivity contribution in [2.45, 2.75) is 27.7 Å². The molecule has 1 amide bonds. The summed E-state index contributed by atoms with van der Waals surface area (Å²) < 4.78 is 13.5. The first-order valence-electron chi connectivity index (χ1n) is 6.24. The molecule has 0 aliphatic carbocycles. The van der Waals surface area contributed by atoms with Crippen molar-refractivity contribution >= 4 is 11.6 Å². The molecule has 0 fully saturated rings. The number of halogens is 1. The fraction of sp³-hybridized carbons (Fsp3) is 0.267. The van der Waals surface area contributed by atoms with Gasteiger partial charge in [0, 0.05) is 11.4 Å². The first kappa shape index (κ1) is 16.9. The third-order valence-electron chi connectivity index (χ3n) is 2.19. The highest BCUT2D eigenvalue weighted by atomic mass is 19.1. The molecule has 0 bridgehead atoms. The number of hydrogen-bond acceptors (Lipinski definition) is 2. The molecule has 104 valence electrons. The largest absolute Gasteiger partial charge is 0.398 e. The van der Waals surface area contributed by atoms with E-state index in [1.165, 1.54) is 18.2 Å². The molecule has 0 atom stereocenters. The van der Waals surface area contributed by atoms with E-state index < -0.39 is 11.7 Å². The number of benzene rings is 1. The number of rotatable bonds is 3. The molecule has 1 aromatic carbocycles. The van der Waals surface area contributed by atoms with Gasteiger partial charge in [0.15, 0.2) is 0 Å². The molecule has 0 spiro atoms. The summed E-state index contributed by atoms with van der Waals surface area (Å²) in [5, 5.41) is 2.58. The molecule has 3 nitrogen and oxygen atoms in total. The second-order valence-electron chi connectivity index (χ2n) is 3.40. The second kappa shape index (κ2) is 8.91. The van der Waals surface area contributed by atoms with Crippen LogP contribution in [0.4, 0.5) is 10.1 Å². The van der Waals surface area contributed by atoms with E-state index in [4.69, 9.17) is 5.73 Å². The van der Waals surface area contributed by atoms with Gasteiger partial charge in [0.05, 0.1) is 5.56 Å². The van der Waals surface area contributed by atoms with E-state index in [-0.39, 0.29) is 11.3 Å². The molecule has 0 aliphatic heterocycles. The SMILES string of the molecule is C/C=C\C(=C/C)NC(=O)c1c(N)cccc1F.CC. The maximum atomic E-state index is 13.5. The summed E-state index contributed by atoms with van der Waals surface area (Å²) in [5.41, 5.74) is 6.17. The predicted molar refractivity (Wildman–Crippen MR) is 78.2 cm³/mol. The lowest BCUT2D eigenvalue weighted by molar-refractivity contribution is 0.0964. The number of nitrogen functional groups attached to an aromatic ring is 1. The van der Waals surface area contributed by atoms with Crippen molar-refractivity contribution in [3.8, 4) is 0 Å². The number of hydrogen-bond donors (Lipinski definition) is 2. The standard InChI is InChI=1S/C13H15FN2O.C2H6/c1-3-6-9(4-2)16-13(17)12-10(14)7-5-8-11(12)15;1-2/h3-8H,15H2,1-2H3,(H,16,17);1-2H3/b6-3-,9-4+;. The Morgan fingerprint density at radius 1 is 1.32 bits per heavy atom. The Kier molecular flexibility index (Phi) is 7.93. The van der Waals surface area contributed by atoms with Crippen molar-refractivity contribution in [3.05, 3.63) is 53.5 Å². The molecule has 1 aromatic rings. The molecule has 0 saturated heterocycles. The lowest BCUT2D eigenvalue weighted by Gasteiger charge is -2.08. The van der Waals surface area contributed by atoms with Crippen LogP contribution < -0.4 is 11.1 Å². The van der Waals surface area contributed by atoms with Gasteiger partial charge in [-0.05, 0) is 32.1 Å². The normalized spacial score (nSPS) is 10.9. The molecule has 19 heavy (non-hydrogen) atoms. The predicted octanol–water partition coefficient (Wildman–Crippen LogP) is 3.64. The van der Waals surface area contributed by atoms with E-state index in [1.54, 1.807) is 25.2 Å². The van der Waals surface area contributed by atoms with Gasteiger partial charge in [0.25, 0.3) is 5.91 Å². The van der Waals surface area contributed by atoms with E-state index >= 15 is 0 Å². The Morgan fingerprint density at radius 2 is 1.95 bits per heavy atom. The smallest absolute Gasteiger partial charge is 0.260 e.